The molecule has 5 nitrogen and oxygen atoms in total. The van der Waals surface area contributed by atoms with Crippen molar-refractivity contribution in [1.82, 2.24) is 20.1 Å². The van der Waals surface area contributed by atoms with E-state index in [-0.39, 0.29) is 11.9 Å². The standard InChI is InChI=1S/C11H16N4O/c1-3-4-11(16)13-9-5-6-10-12-8(2)14-15(10)7-9/h3-4,9H,5-7H2,1-2H3,(H,13,16). The van der Waals surface area contributed by atoms with Gasteiger partial charge in [-0.15, -0.1) is 0 Å². The van der Waals surface area contributed by atoms with Crippen LogP contribution in [0.15, 0.2) is 12.2 Å². The number of nitrogens with one attached hydrogen (secondary N) is 1. The van der Waals surface area contributed by atoms with E-state index in [1.54, 1.807) is 12.2 Å². The number of aromatic nitrogens is 3. The van der Waals surface area contributed by atoms with E-state index in [1.807, 2.05) is 18.5 Å². The minimum atomic E-state index is -0.0345. The van der Waals surface area contributed by atoms with Crippen molar-refractivity contribution in [2.45, 2.75) is 39.3 Å². The van der Waals surface area contributed by atoms with Gasteiger partial charge < -0.3 is 5.32 Å². The molecule has 0 fully saturated rings. The fourth-order valence-electron chi connectivity index (χ4n) is 1.95. The average Bonchev–Trinajstić information content (AvgIpc) is 2.57. The largest absolute Gasteiger partial charge is 0.348 e. The summed E-state index contributed by atoms with van der Waals surface area (Å²) >= 11 is 0. The molecule has 1 amide bonds. The molecule has 0 aliphatic carbocycles. The van der Waals surface area contributed by atoms with E-state index >= 15 is 0 Å². The Labute approximate surface area is 94.6 Å². The molecule has 1 unspecified atom stereocenters. The highest BCUT2D eigenvalue weighted by Gasteiger charge is 2.21. The molecule has 0 saturated carbocycles. The number of carbonyl (C=O) groups excluding carboxylic acids is 1. The Morgan fingerprint density at radius 1 is 1.62 bits per heavy atom. The third-order valence-corrected chi connectivity index (χ3v) is 2.63. The van der Waals surface area contributed by atoms with Crippen LogP contribution in [0.3, 0.4) is 0 Å². The van der Waals surface area contributed by atoms with E-state index < -0.39 is 0 Å². The van der Waals surface area contributed by atoms with Crippen LogP contribution in [0.5, 0.6) is 0 Å². The van der Waals surface area contributed by atoms with E-state index in [1.165, 1.54) is 0 Å². The Bertz CT molecular complexity index is 422. The molecule has 0 aromatic carbocycles. The maximum absolute atomic E-state index is 11.4. The number of allylic oxidation sites excluding steroid dienone is 1. The van der Waals surface area contributed by atoms with E-state index in [4.69, 9.17) is 0 Å². The van der Waals surface area contributed by atoms with Gasteiger partial charge >= 0.3 is 0 Å². The van der Waals surface area contributed by atoms with Crippen LogP contribution in [0.4, 0.5) is 0 Å². The molecule has 1 aliphatic heterocycles. The topological polar surface area (TPSA) is 59.8 Å². The van der Waals surface area contributed by atoms with Crippen molar-refractivity contribution < 1.29 is 4.79 Å². The van der Waals surface area contributed by atoms with Crippen LogP contribution in [-0.2, 0) is 17.8 Å². The maximum Gasteiger partial charge on any atom is 0.243 e. The Balaban J connectivity index is 2.00. The number of fused-ring (bicyclic) bond motifs is 1. The Kier molecular flexibility index (Phi) is 3.03. The Hall–Kier alpha value is -1.65. The minimum Gasteiger partial charge on any atom is -0.348 e. The zero-order valence-electron chi connectivity index (χ0n) is 9.60. The number of nitrogens with zero attached hydrogens (tertiary/aromatic N) is 3. The lowest BCUT2D eigenvalue weighted by molar-refractivity contribution is -0.117. The second-order valence-electron chi connectivity index (χ2n) is 4.00. The molecule has 1 aliphatic rings. The van der Waals surface area contributed by atoms with Crippen LogP contribution in [-0.4, -0.2) is 26.7 Å². The summed E-state index contributed by atoms with van der Waals surface area (Å²) in [6.45, 7) is 4.44. The smallest absolute Gasteiger partial charge is 0.243 e. The van der Waals surface area contributed by atoms with Gasteiger partial charge in [-0.05, 0) is 26.3 Å². The quantitative estimate of drug-likeness (QED) is 0.742. The molecular weight excluding hydrogens is 204 g/mol. The van der Waals surface area contributed by atoms with Gasteiger partial charge in [0, 0.05) is 12.5 Å². The summed E-state index contributed by atoms with van der Waals surface area (Å²) in [7, 11) is 0. The lowest BCUT2D eigenvalue weighted by atomic mass is 10.1. The second-order valence-corrected chi connectivity index (χ2v) is 4.00. The van der Waals surface area contributed by atoms with Gasteiger partial charge in [-0.2, -0.15) is 5.10 Å². The third-order valence-electron chi connectivity index (χ3n) is 2.63. The normalized spacial score (nSPS) is 19.8. The number of aryl methyl sites for hydroxylation is 2. The first-order valence-corrected chi connectivity index (χ1v) is 5.52. The number of rotatable bonds is 2. The summed E-state index contributed by atoms with van der Waals surface area (Å²) in [5, 5.41) is 7.25. The number of carbonyl (C=O) groups is 1. The zero-order chi connectivity index (χ0) is 11.5. The molecule has 0 spiro atoms. The molecule has 0 bridgehead atoms. The second kappa shape index (κ2) is 4.47. The minimum absolute atomic E-state index is 0.0345. The monoisotopic (exact) mass is 220 g/mol. The van der Waals surface area contributed by atoms with Crippen LogP contribution in [0.25, 0.3) is 0 Å². The average molecular weight is 220 g/mol. The van der Waals surface area contributed by atoms with Gasteiger partial charge in [0.15, 0.2) is 0 Å². The fraction of sp³-hybridized carbons (Fsp3) is 0.545. The predicted octanol–water partition coefficient (Wildman–Crippen LogP) is 0.594. The third kappa shape index (κ3) is 2.29. The first-order valence-electron chi connectivity index (χ1n) is 5.52. The molecule has 86 valence electrons. The lowest BCUT2D eigenvalue weighted by Crippen LogP contribution is -2.40. The Morgan fingerprint density at radius 2 is 2.44 bits per heavy atom. The van der Waals surface area contributed by atoms with Crippen molar-refractivity contribution in [2.24, 2.45) is 0 Å². The van der Waals surface area contributed by atoms with Gasteiger partial charge in [0.25, 0.3) is 0 Å². The molecule has 5 heteroatoms. The van der Waals surface area contributed by atoms with Gasteiger partial charge in [0.2, 0.25) is 5.91 Å². The number of hydrogen-bond acceptors (Lipinski definition) is 3. The molecule has 1 aromatic heterocycles. The van der Waals surface area contributed by atoms with Crippen molar-refractivity contribution in [3.05, 3.63) is 23.8 Å². The molecule has 1 aromatic rings. The van der Waals surface area contributed by atoms with Crippen LogP contribution >= 0.6 is 0 Å². The zero-order valence-corrected chi connectivity index (χ0v) is 9.60. The lowest BCUT2D eigenvalue weighted by Gasteiger charge is -2.22. The van der Waals surface area contributed by atoms with E-state index in [0.29, 0.717) is 0 Å². The van der Waals surface area contributed by atoms with Crippen LogP contribution in [0.2, 0.25) is 0 Å². The fourth-order valence-corrected chi connectivity index (χ4v) is 1.95. The molecule has 0 saturated heterocycles. The van der Waals surface area contributed by atoms with Gasteiger partial charge in [0.1, 0.15) is 11.6 Å². The van der Waals surface area contributed by atoms with Gasteiger partial charge in [-0.25, -0.2) is 9.67 Å². The summed E-state index contributed by atoms with van der Waals surface area (Å²) in [6, 6.07) is 0.164. The van der Waals surface area contributed by atoms with Crippen LogP contribution < -0.4 is 5.32 Å². The number of hydrogen-bond donors (Lipinski definition) is 1. The summed E-state index contributed by atoms with van der Waals surface area (Å²) in [5.41, 5.74) is 0. The molecular formula is C11H16N4O. The highest BCUT2D eigenvalue weighted by atomic mass is 16.1. The maximum atomic E-state index is 11.4. The molecule has 16 heavy (non-hydrogen) atoms. The summed E-state index contributed by atoms with van der Waals surface area (Å²) in [5.74, 6) is 1.79. The predicted molar refractivity (Wildman–Crippen MR) is 59.8 cm³/mol. The molecule has 1 N–H and O–H groups in total. The van der Waals surface area contributed by atoms with Crippen molar-refractivity contribution in [3.63, 3.8) is 0 Å². The van der Waals surface area contributed by atoms with E-state index in [2.05, 4.69) is 15.4 Å². The van der Waals surface area contributed by atoms with Gasteiger partial charge in [-0.3, -0.25) is 4.79 Å². The molecule has 2 rings (SSSR count). The highest BCUT2D eigenvalue weighted by molar-refractivity contribution is 5.87. The van der Waals surface area contributed by atoms with Crippen molar-refractivity contribution in [2.75, 3.05) is 0 Å². The summed E-state index contributed by atoms with van der Waals surface area (Å²) in [6.07, 6.45) is 5.09. The summed E-state index contributed by atoms with van der Waals surface area (Å²) < 4.78 is 1.89. The van der Waals surface area contributed by atoms with Crippen LogP contribution in [0, 0.1) is 6.92 Å². The molecule has 0 radical (unpaired) electrons. The van der Waals surface area contributed by atoms with E-state index in [9.17, 15) is 4.79 Å². The van der Waals surface area contributed by atoms with Crippen molar-refractivity contribution >= 4 is 5.91 Å². The molecule has 1 atom stereocenters. The number of amides is 1. The SMILES string of the molecule is CC=CC(=O)NC1CCc2nc(C)nn2C1. The first kappa shape index (κ1) is 10.9. The molecule has 2 heterocycles. The Morgan fingerprint density at radius 3 is 3.19 bits per heavy atom. The van der Waals surface area contributed by atoms with Crippen molar-refractivity contribution in [1.29, 1.82) is 0 Å². The highest BCUT2D eigenvalue weighted by Crippen LogP contribution is 2.12. The first-order chi connectivity index (χ1) is 7.69. The van der Waals surface area contributed by atoms with Gasteiger partial charge in [0.05, 0.1) is 6.54 Å². The summed E-state index contributed by atoms with van der Waals surface area (Å²) in [4.78, 5) is 15.7. The van der Waals surface area contributed by atoms with Gasteiger partial charge in [-0.1, -0.05) is 6.08 Å². The van der Waals surface area contributed by atoms with E-state index in [0.717, 1.165) is 31.0 Å². The van der Waals surface area contributed by atoms with Crippen LogP contribution in [0.1, 0.15) is 25.0 Å². The van der Waals surface area contributed by atoms with Crippen molar-refractivity contribution in [3.8, 4) is 0 Å².